The molecule has 0 radical (unpaired) electrons. The molecule has 0 aromatic heterocycles. The van der Waals surface area contributed by atoms with Gasteiger partial charge in [-0.2, -0.15) is 0 Å². The van der Waals surface area contributed by atoms with Gasteiger partial charge in [-0.25, -0.2) is 0 Å². The number of carbonyl (C=O) groups excluding carboxylic acids is 1. The Morgan fingerprint density at radius 3 is 2.32 bits per heavy atom. The molecule has 0 bridgehead atoms. The van der Waals surface area contributed by atoms with Gasteiger partial charge in [0.05, 0.1) is 6.10 Å². The van der Waals surface area contributed by atoms with E-state index in [0.717, 1.165) is 37.7 Å². The van der Waals surface area contributed by atoms with Gasteiger partial charge in [0.15, 0.2) is 5.78 Å². The molecule has 19 heavy (non-hydrogen) atoms. The number of benzene rings is 1. The van der Waals surface area contributed by atoms with Crippen LogP contribution in [0.3, 0.4) is 0 Å². The third-order valence-corrected chi connectivity index (χ3v) is 4.44. The van der Waals surface area contributed by atoms with Crippen LogP contribution in [0.25, 0.3) is 0 Å². The molecule has 0 amide bonds. The van der Waals surface area contributed by atoms with Gasteiger partial charge < -0.3 is 5.11 Å². The molecule has 0 spiro atoms. The molecule has 2 nitrogen and oxygen atoms in total. The first-order chi connectivity index (χ1) is 9.11. The number of rotatable bonds is 4. The van der Waals surface area contributed by atoms with Crippen LogP contribution >= 0.6 is 0 Å². The number of aliphatic hydroxyl groups excluding tert-OH is 1. The topological polar surface area (TPSA) is 37.3 Å². The van der Waals surface area contributed by atoms with Crippen molar-refractivity contribution in [3.8, 4) is 0 Å². The molecule has 1 aliphatic rings. The molecule has 1 aliphatic carbocycles. The molecular weight excluding hydrogens is 236 g/mol. The Labute approximate surface area is 115 Å². The molecule has 0 heterocycles. The minimum Gasteiger partial charge on any atom is -0.393 e. The van der Waals surface area contributed by atoms with E-state index in [4.69, 9.17) is 0 Å². The van der Waals surface area contributed by atoms with Crippen LogP contribution in [0.1, 0.15) is 67.8 Å². The monoisotopic (exact) mass is 260 g/mol. The third kappa shape index (κ3) is 3.44. The van der Waals surface area contributed by atoms with Crippen LogP contribution < -0.4 is 0 Å². The number of hydrogen-bond acceptors (Lipinski definition) is 2. The lowest BCUT2D eigenvalue weighted by molar-refractivity contribution is 0.0764. The van der Waals surface area contributed by atoms with E-state index in [1.807, 2.05) is 12.1 Å². The summed E-state index contributed by atoms with van der Waals surface area (Å²) < 4.78 is 0. The van der Waals surface area contributed by atoms with Crippen molar-refractivity contribution in [2.24, 2.45) is 5.92 Å². The first-order valence-electron chi connectivity index (χ1n) is 7.44. The summed E-state index contributed by atoms with van der Waals surface area (Å²) in [5.41, 5.74) is 2.13. The quantitative estimate of drug-likeness (QED) is 0.833. The largest absolute Gasteiger partial charge is 0.393 e. The van der Waals surface area contributed by atoms with E-state index in [1.54, 1.807) is 0 Å². The molecule has 0 aliphatic heterocycles. The fourth-order valence-corrected chi connectivity index (χ4v) is 2.79. The van der Waals surface area contributed by atoms with Crippen molar-refractivity contribution in [1.82, 2.24) is 0 Å². The van der Waals surface area contributed by atoms with Crippen molar-refractivity contribution in [3.63, 3.8) is 0 Å². The Balaban J connectivity index is 2.03. The second kappa shape index (κ2) is 6.33. The molecule has 1 aromatic rings. The third-order valence-electron chi connectivity index (χ3n) is 4.44. The molecule has 1 aromatic carbocycles. The summed E-state index contributed by atoms with van der Waals surface area (Å²) in [6.07, 6.45) is 4.10. The first kappa shape index (κ1) is 14.3. The van der Waals surface area contributed by atoms with Crippen molar-refractivity contribution in [2.75, 3.05) is 0 Å². The lowest BCUT2D eigenvalue weighted by atomic mass is 9.82. The zero-order valence-corrected chi connectivity index (χ0v) is 11.9. The van der Waals surface area contributed by atoms with Crippen LogP contribution in [0.5, 0.6) is 0 Å². The van der Waals surface area contributed by atoms with Gasteiger partial charge in [-0.15, -0.1) is 0 Å². The van der Waals surface area contributed by atoms with Crippen molar-refractivity contribution in [1.29, 1.82) is 0 Å². The molecular formula is C17H24O2. The number of hydrogen-bond donors (Lipinski definition) is 1. The second-order valence-corrected chi connectivity index (χ2v) is 5.80. The zero-order chi connectivity index (χ0) is 13.8. The molecule has 0 saturated heterocycles. The SMILES string of the molecule is CCC(C)c1ccc(C(=O)C2CCC(O)CC2)cc1. The Bertz CT molecular complexity index is 413. The number of aliphatic hydroxyl groups is 1. The highest BCUT2D eigenvalue weighted by Crippen LogP contribution is 2.28. The van der Waals surface area contributed by atoms with E-state index in [9.17, 15) is 9.90 Å². The van der Waals surface area contributed by atoms with E-state index in [2.05, 4.69) is 26.0 Å². The molecule has 1 saturated carbocycles. The Morgan fingerprint density at radius 1 is 1.21 bits per heavy atom. The fraction of sp³-hybridized carbons (Fsp3) is 0.588. The minimum absolute atomic E-state index is 0.109. The summed E-state index contributed by atoms with van der Waals surface area (Å²) >= 11 is 0. The highest BCUT2D eigenvalue weighted by molar-refractivity contribution is 5.97. The summed E-state index contributed by atoms with van der Waals surface area (Å²) in [5, 5.41) is 9.49. The maximum absolute atomic E-state index is 12.4. The van der Waals surface area contributed by atoms with E-state index >= 15 is 0 Å². The van der Waals surface area contributed by atoms with Crippen molar-refractivity contribution in [2.45, 2.75) is 58.0 Å². The predicted octanol–water partition coefficient (Wildman–Crippen LogP) is 3.93. The van der Waals surface area contributed by atoms with E-state index in [0.29, 0.717) is 5.92 Å². The number of carbonyl (C=O) groups is 1. The van der Waals surface area contributed by atoms with Gasteiger partial charge in [-0.1, -0.05) is 38.1 Å². The lowest BCUT2D eigenvalue weighted by Gasteiger charge is -2.24. The van der Waals surface area contributed by atoms with Crippen molar-refractivity contribution in [3.05, 3.63) is 35.4 Å². The number of ketones is 1. The Kier molecular flexibility index (Phi) is 4.76. The van der Waals surface area contributed by atoms with Gasteiger partial charge in [-0.05, 0) is 43.6 Å². The highest BCUT2D eigenvalue weighted by atomic mass is 16.3. The number of Topliss-reactive ketones (excluding diaryl/α,β-unsaturated/α-hetero) is 1. The first-order valence-corrected chi connectivity index (χ1v) is 7.44. The van der Waals surface area contributed by atoms with Crippen LogP contribution in [0, 0.1) is 5.92 Å². The van der Waals surface area contributed by atoms with Crippen molar-refractivity contribution < 1.29 is 9.90 Å². The van der Waals surface area contributed by atoms with Gasteiger partial charge in [0.2, 0.25) is 0 Å². The lowest BCUT2D eigenvalue weighted by Crippen LogP contribution is -2.24. The summed E-state index contributed by atoms with van der Waals surface area (Å²) in [6.45, 7) is 4.39. The normalized spacial score (nSPS) is 25.0. The average molecular weight is 260 g/mol. The smallest absolute Gasteiger partial charge is 0.165 e. The molecule has 1 atom stereocenters. The maximum atomic E-state index is 12.4. The van der Waals surface area contributed by atoms with Gasteiger partial charge in [0.25, 0.3) is 0 Å². The molecule has 2 heteroatoms. The van der Waals surface area contributed by atoms with E-state index in [-0.39, 0.29) is 17.8 Å². The fourth-order valence-electron chi connectivity index (χ4n) is 2.79. The van der Waals surface area contributed by atoms with Gasteiger partial charge in [0.1, 0.15) is 0 Å². The summed E-state index contributed by atoms with van der Waals surface area (Å²) in [5.74, 6) is 0.912. The Hall–Kier alpha value is -1.15. The van der Waals surface area contributed by atoms with Crippen LogP contribution in [0.2, 0.25) is 0 Å². The second-order valence-electron chi connectivity index (χ2n) is 5.80. The van der Waals surface area contributed by atoms with Gasteiger partial charge in [-0.3, -0.25) is 4.79 Å². The summed E-state index contributed by atoms with van der Waals surface area (Å²) in [7, 11) is 0. The minimum atomic E-state index is -0.197. The summed E-state index contributed by atoms with van der Waals surface area (Å²) in [4.78, 5) is 12.4. The molecule has 1 unspecified atom stereocenters. The van der Waals surface area contributed by atoms with Crippen LogP contribution in [-0.2, 0) is 0 Å². The van der Waals surface area contributed by atoms with E-state index < -0.39 is 0 Å². The van der Waals surface area contributed by atoms with Crippen LogP contribution in [-0.4, -0.2) is 17.0 Å². The van der Waals surface area contributed by atoms with E-state index in [1.165, 1.54) is 5.56 Å². The standard InChI is InChI=1S/C17H24O2/c1-3-12(2)13-4-6-14(7-5-13)17(19)15-8-10-16(18)11-9-15/h4-7,12,15-16,18H,3,8-11H2,1-2H3. The average Bonchev–Trinajstić information content (AvgIpc) is 2.46. The van der Waals surface area contributed by atoms with Crippen LogP contribution in [0.15, 0.2) is 24.3 Å². The molecule has 2 rings (SSSR count). The highest BCUT2D eigenvalue weighted by Gasteiger charge is 2.25. The van der Waals surface area contributed by atoms with Crippen molar-refractivity contribution >= 4 is 5.78 Å². The Morgan fingerprint density at radius 2 is 1.79 bits per heavy atom. The molecule has 104 valence electrons. The zero-order valence-electron chi connectivity index (χ0n) is 11.9. The maximum Gasteiger partial charge on any atom is 0.165 e. The predicted molar refractivity (Wildman–Crippen MR) is 77.4 cm³/mol. The van der Waals surface area contributed by atoms with Gasteiger partial charge in [0, 0.05) is 11.5 Å². The van der Waals surface area contributed by atoms with Crippen LogP contribution in [0.4, 0.5) is 0 Å². The summed E-state index contributed by atoms with van der Waals surface area (Å²) in [6, 6.07) is 8.10. The molecule has 1 fully saturated rings. The molecule has 1 N–H and O–H groups in total. The van der Waals surface area contributed by atoms with Gasteiger partial charge >= 0.3 is 0 Å².